The number of phenols is 1. The number of hydrogen-bond donors (Lipinski definition) is 2. The molecule has 0 heterocycles. The smallest absolute Gasteiger partial charge is 0.294 e. The Balaban J connectivity index is 3.68. The summed E-state index contributed by atoms with van der Waals surface area (Å²) in [5.74, 6) is -0.264. The van der Waals surface area contributed by atoms with Crippen molar-refractivity contribution in [3.63, 3.8) is 0 Å². The van der Waals surface area contributed by atoms with Crippen molar-refractivity contribution in [3.8, 4) is 5.75 Å². The maximum atomic E-state index is 11.0. The molecule has 0 fully saturated rings. The average molecular weight is 258 g/mol. The summed E-state index contributed by atoms with van der Waals surface area (Å²) < 4.78 is 31.1. The van der Waals surface area contributed by atoms with E-state index in [1.807, 2.05) is 0 Å². The zero-order chi connectivity index (χ0) is 13.4. The van der Waals surface area contributed by atoms with E-state index in [-0.39, 0.29) is 16.9 Å². The summed E-state index contributed by atoms with van der Waals surface area (Å²) in [5.41, 5.74) is -0.428. The van der Waals surface area contributed by atoms with Crippen LogP contribution in [0.15, 0.2) is 17.0 Å². The van der Waals surface area contributed by atoms with E-state index in [0.29, 0.717) is 6.29 Å². The predicted molar refractivity (Wildman–Crippen MR) is 62.0 cm³/mol. The number of aldehydes is 1. The van der Waals surface area contributed by atoms with Crippen molar-refractivity contribution < 1.29 is 22.9 Å². The minimum absolute atomic E-state index is 0.162. The molecule has 1 aromatic carbocycles. The fourth-order valence-corrected chi connectivity index (χ4v) is 1.98. The Hall–Kier alpha value is -1.40. The van der Waals surface area contributed by atoms with Gasteiger partial charge in [0.1, 0.15) is 5.75 Å². The van der Waals surface area contributed by atoms with Gasteiger partial charge in [-0.3, -0.25) is 9.35 Å². The minimum atomic E-state index is -4.40. The molecule has 0 atom stereocenters. The summed E-state index contributed by atoms with van der Waals surface area (Å²) >= 11 is 0. The van der Waals surface area contributed by atoms with Crippen LogP contribution in [0.5, 0.6) is 5.75 Å². The van der Waals surface area contributed by atoms with Gasteiger partial charge in [0.15, 0.2) is 6.29 Å². The lowest BCUT2D eigenvalue weighted by Crippen LogP contribution is -2.14. The van der Waals surface area contributed by atoms with Gasteiger partial charge in [-0.25, -0.2) is 0 Å². The van der Waals surface area contributed by atoms with Crippen LogP contribution in [0.2, 0.25) is 0 Å². The highest BCUT2D eigenvalue weighted by Gasteiger charge is 2.24. The molecule has 0 saturated carbocycles. The Kier molecular flexibility index (Phi) is 3.31. The second kappa shape index (κ2) is 4.12. The summed E-state index contributed by atoms with van der Waals surface area (Å²) in [5, 5.41) is 9.81. The number of benzene rings is 1. The van der Waals surface area contributed by atoms with E-state index < -0.39 is 20.4 Å². The second-order valence-corrected chi connectivity index (χ2v) is 6.17. The minimum Gasteiger partial charge on any atom is -0.507 e. The van der Waals surface area contributed by atoms with E-state index >= 15 is 0 Å². The highest BCUT2D eigenvalue weighted by molar-refractivity contribution is 7.85. The summed E-state index contributed by atoms with van der Waals surface area (Å²) in [6, 6.07) is 2.10. The zero-order valence-electron chi connectivity index (χ0n) is 9.76. The monoisotopic (exact) mass is 258 g/mol. The Morgan fingerprint density at radius 3 is 2.12 bits per heavy atom. The van der Waals surface area contributed by atoms with Crippen LogP contribution in [0.3, 0.4) is 0 Å². The van der Waals surface area contributed by atoms with Gasteiger partial charge in [0.2, 0.25) is 0 Å². The van der Waals surface area contributed by atoms with Crippen LogP contribution in [-0.4, -0.2) is 24.4 Å². The van der Waals surface area contributed by atoms with E-state index in [1.165, 1.54) is 0 Å². The van der Waals surface area contributed by atoms with Gasteiger partial charge in [-0.1, -0.05) is 20.8 Å². The molecular formula is C11H14O5S. The Bertz CT molecular complexity index is 552. The topological polar surface area (TPSA) is 91.7 Å². The standard InChI is InChI=1S/C11H14O5S/c1-11(2,3)9-5-8(17(14,15)16)4-7(6-12)10(9)13/h4-6,13H,1-3H3,(H,14,15,16). The Morgan fingerprint density at radius 1 is 1.24 bits per heavy atom. The lowest BCUT2D eigenvalue weighted by molar-refractivity contribution is 0.112. The van der Waals surface area contributed by atoms with E-state index in [9.17, 15) is 18.3 Å². The highest BCUT2D eigenvalue weighted by atomic mass is 32.2. The first-order valence-electron chi connectivity index (χ1n) is 4.87. The van der Waals surface area contributed by atoms with Gasteiger partial charge in [0, 0.05) is 5.56 Å². The highest BCUT2D eigenvalue weighted by Crippen LogP contribution is 2.34. The van der Waals surface area contributed by atoms with Crippen LogP contribution in [0.4, 0.5) is 0 Å². The summed E-state index contributed by atoms with van der Waals surface area (Å²) in [4.78, 5) is 10.3. The number of aromatic hydroxyl groups is 1. The molecule has 0 saturated heterocycles. The van der Waals surface area contributed by atoms with Gasteiger partial charge in [-0.15, -0.1) is 0 Å². The predicted octanol–water partition coefficient (Wildman–Crippen LogP) is 1.75. The molecule has 0 bridgehead atoms. The number of phenolic OH excluding ortho intramolecular Hbond substituents is 1. The molecule has 0 spiro atoms. The van der Waals surface area contributed by atoms with Crippen LogP contribution in [0.1, 0.15) is 36.7 Å². The third kappa shape index (κ3) is 2.83. The number of rotatable bonds is 2. The van der Waals surface area contributed by atoms with Crippen LogP contribution in [0, 0.1) is 0 Å². The van der Waals surface area contributed by atoms with Crippen molar-refractivity contribution in [1.82, 2.24) is 0 Å². The van der Waals surface area contributed by atoms with Gasteiger partial charge in [0.25, 0.3) is 10.1 Å². The fraction of sp³-hybridized carbons (Fsp3) is 0.364. The number of hydrogen-bond acceptors (Lipinski definition) is 4. The molecule has 0 radical (unpaired) electrons. The van der Waals surface area contributed by atoms with Crippen molar-refractivity contribution in [2.45, 2.75) is 31.1 Å². The molecule has 1 aromatic rings. The van der Waals surface area contributed by atoms with Gasteiger partial charge in [-0.2, -0.15) is 8.42 Å². The third-order valence-electron chi connectivity index (χ3n) is 2.35. The first-order valence-corrected chi connectivity index (χ1v) is 6.31. The SMILES string of the molecule is CC(C)(C)c1cc(S(=O)(=O)O)cc(C=O)c1O. The molecule has 6 heteroatoms. The lowest BCUT2D eigenvalue weighted by atomic mass is 9.85. The molecule has 0 unspecified atom stereocenters. The zero-order valence-corrected chi connectivity index (χ0v) is 10.6. The van der Waals surface area contributed by atoms with E-state index in [2.05, 4.69) is 0 Å². The molecule has 1 rings (SSSR count). The number of carbonyl (C=O) groups is 1. The van der Waals surface area contributed by atoms with Crippen LogP contribution >= 0.6 is 0 Å². The van der Waals surface area contributed by atoms with E-state index in [4.69, 9.17) is 4.55 Å². The Morgan fingerprint density at radius 2 is 1.76 bits per heavy atom. The average Bonchev–Trinajstić information content (AvgIpc) is 2.14. The molecule has 5 nitrogen and oxygen atoms in total. The van der Waals surface area contributed by atoms with Gasteiger partial charge in [-0.05, 0) is 17.5 Å². The second-order valence-electron chi connectivity index (χ2n) is 4.75. The third-order valence-corrected chi connectivity index (χ3v) is 3.18. The van der Waals surface area contributed by atoms with Crippen molar-refractivity contribution in [2.75, 3.05) is 0 Å². The first kappa shape index (κ1) is 13.7. The Labute approximate surface area is 99.8 Å². The van der Waals surface area contributed by atoms with Crippen molar-refractivity contribution >= 4 is 16.4 Å². The van der Waals surface area contributed by atoms with E-state index in [1.54, 1.807) is 20.8 Å². The molecule has 0 aliphatic carbocycles. The normalized spacial score (nSPS) is 12.5. The fourth-order valence-electron chi connectivity index (χ4n) is 1.44. The maximum Gasteiger partial charge on any atom is 0.294 e. The molecule has 17 heavy (non-hydrogen) atoms. The van der Waals surface area contributed by atoms with Gasteiger partial charge >= 0.3 is 0 Å². The van der Waals surface area contributed by atoms with Crippen molar-refractivity contribution in [2.24, 2.45) is 0 Å². The summed E-state index contributed by atoms with van der Waals surface area (Å²) in [6.45, 7) is 5.26. The molecule has 0 aliphatic rings. The quantitative estimate of drug-likeness (QED) is 0.622. The summed E-state index contributed by atoms with van der Waals surface area (Å²) in [7, 11) is -4.40. The lowest BCUT2D eigenvalue weighted by Gasteiger charge is -2.21. The maximum absolute atomic E-state index is 11.0. The first-order chi connectivity index (χ1) is 7.57. The van der Waals surface area contributed by atoms with Crippen LogP contribution in [-0.2, 0) is 15.5 Å². The van der Waals surface area contributed by atoms with Gasteiger partial charge < -0.3 is 5.11 Å². The van der Waals surface area contributed by atoms with Gasteiger partial charge in [0.05, 0.1) is 10.5 Å². The van der Waals surface area contributed by atoms with Crippen molar-refractivity contribution in [3.05, 3.63) is 23.3 Å². The summed E-state index contributed by atoms with van der Waals surface area (Å²) in [6.07, 6.45) is 0.346. The van der Waals surface area contributed by atoms with Crippen LogP contribution in [0.25, 0.3) is 0 Å². The van der Waals surface area contributed by atoms with Crippen LogP contribution < -0.4 is 0 Å². The molecule has 0 aromatic heterocycles. The molecule has 0 aliphatic heterocycles. The van der Waals surface area contributed by atoms with Crippen molar-refractivity contribution in [1.29, 1.82) is 0 Å². The molecule has 0 amide bonds. The van der Waals surface area contributed by atoms with E-state index in [0.717, 1.165) is 12.1 Å². The number of carbonyl (C=O) groups excluding carboxylic acids is 1. The molecule has 2 N–H and O–H groups in total. The molecular weight excluding hydrogens is 244 g/mol. The molecule has 94 valence electrons. The largest absolute Gasteiger partial charge is 0.507 e.